The smallest absolute Gasteiger partial charge is 0.310 e. The van der Waals surface area contributed by atoms with Crippen molar-refractivity contribution in [1.82, 2.24) is 4.98 Å². The minimum absolute atomic E-state index is 0.0345. The zero-order valence-corrected chi connectivity index (χ0v) is 11.3. The van der Waals surface area contributed by atoms with Crippen LogP contribution < -0.4 is 4.90 Å². The number of rotatable bonds is 4. The molecule has 0 amide bonds. The van der Waals surface area contributed by atoms with E-state index < -0.39 is 4.92 Å². The van der Waals surface area contributed by atoms with Gasteiger partial charge in [0.05, 0.1) is 17.4 Å². The minimum Gasteiger partial charge on any atom is -0.466 e. The lowest BCUT2D eigenvalue weighted by molar-refractivity contribution is -0.385. The average Bonchev–Trinajstić information content (AvgIpc) is 2.48. The molecule has 0 N–H and O–H groups in total. The fraction of sp³-hybridized carbons (Fsp3) is 0.538. The second-order valence-electron chi connectivity index (χ2n) is 4.67. The number of aromatic nitrogens is 1. The maximum Gasteiger partial charge on any atom is 0.310 e. The van der Waals surface area contributed by atoms with Crippen molar-refractivity contribution in [1.29, 1.82) is 0 Å². The van der Waals surface area contributed by atoms with Gasteiger partial charge in [-0.25, -0.2) is 4.98 Å². The molecule has 1 aliphatic rings. The third-order valence-electron chi connectivity index (χ3n) is 3.31. The predicted octanol–water partition coefficient (Wildman–Crippen LogP) is 1.77. The molecular weight excluding hydrogens is 262 g/mol. The number of ether oxygens (including phenoxy) is 1. The van der Waals surface area contributed by atoms with Crippen LogP contribution in [0, 0.1) is 16.0 Å². The summed E-state index contributed by atoms with van der Waals surface area (Å²) in [5.41, 5.74) is -0.0345. The number of piperidine rings is 1. The SMILES string of the molecule is CCOC(=O)[C@H]1CCCN(c2ccc([N+](=O)[O-])cn2)C1. The number of hydrogen-bond acceptors (Lipinski definition) is 6. The number of carbonyl (C=O) groups excluding carboxylic acids is 1. The number of nitro groups is 1. The summed E-state index contributed by atoms with van der Waals surface area (Å²) in [4.78, 5) is 27.9. The molecule has 0 unspecified atom stereocenters. The molecule has 20 heavy (non-hydrogen) atoms. The lowest BCUT2D eigenvalue weighted by Gasteiger charge is -2.32. The average molecular weight is 279 g/mol. The maximum atomic E-state index is 11.8. The molecule has 2 heterocycles. The highest BCUT2D eigenvalue weighted by atomic mass is 16.6. The van der Waals surface area contributed by atoms with Gasteiger partial charge in [-0.3, -0.25) is 14.9 Å². The van der Waals surface area contributed by atoms with Crippen LogP contribution in [0.5, 0.6) is 0 Å². The van der Waals surface area contributed by atoms with Crippen LogP contribution in [0.15, 0.2) is 18.3 Å². The van der Waals surface area contributed by atoms with Crippen molar-refractivity contribution in [2.75, 3.05) is 24.6 Å². The van der Waals surface area contributed by atoms with Crippen LogP contribution in [-0.2, 0) is 9.53 Å². The summed E-state index contributed by atoms with van der Waals surface area (Å²) in [5, 5.41) is 10.6. The van der Waals surface area contributed by atoms with Crippen LogP contribution in [0.25, 0.3) is 0 Å². The molecule has 0 bridgehead atoms. The molecule has 1 aliphatic heterocycles. The fourth-order valence-electron chi connectivity index (χ4n) is 2.31. The van der Waals surface area contributed by atoms with Gasteiger partial charge in [-0.1, -0.05) is 0 Å². The van der Waals surface area contributed by atoms with Crippen molar-refractivity contribution in [3.63, 3.8) is 0 Å². The first-order chi connectivity index (χ1) is 9.61. The van der Waals surface area contributed by atoms with E-state index in [0.717, 1.165) is 19.4 Å². The Morgan fingerprint density at radius 1 is 1.60 bits per heavy atom. The van der Waals surface area contributed by atoms with Crippen molar-refractivity contribution >= 4 is 17.5 Å². The van der Waals surface area contributed by atoms with Crippen LogP contribution in [0.3, 0.4) is 0 Å². The van der Waals surface area contributed by atoms with Gasteiger partial charge in [0.15, 0.2) is 0 Å². The summed E-state index contributed by atoms with van der Waals surface area (Å²) in [6.07, 6.45) is 2.92. The number of nitrogens with zero attached hydrogens (tertiary/aromatic N) is 3. The van der Waals surface area contributed by atoms with E-state index in [2.05, 4.69) is 4.98 Å². The highest BCUT2D eigenvalue weighted by Gasteiger charge is 2.27. The largest absolute Gasteiger partial charge is 0.466 e. The summed E-state index contributed by atoms with van der Waals surface area (Å²) in [6.45, 7) is 3.51. The first kappa shape index (κ1) is 14.2. The molecule has 108 valence electrons. The van der Waals surface area contributed by atoms with Crippen molar-refractivity contribution in [3.8, 4) is 0 Å². The summed E-state index contributed by atoms with van der Waals surface area (Å²) in [5.74, 6) is 0.324. The molecule has 0 saturated carbocycles. The Hall–Kier alpha value is -2.18. The first-order valence-electron chi connectivity index (χ1n) is 6.64. The summed E-state index contributed by atoms with van der Waals surface area (Å²) in [7, 11) is 0. The van der Waals surface area contributed by atoms with Gasteiger partial charge in [-0.05, 0) is 25.8 Å². The zero-order valence-electron chi connectivity index (χ0n) is 11.3. The van der Waals surface area contributed by atoms with E-state index in [1.165, 1.54) is 12.3 Å². The van der Waals surface area contributed by atoms with Crippen molar-refractivity contribution in [2.45, 2.75) is 19.8 Å². The lowest BCUT2D eigenvalue weighted by Crippen LogP contribution is -2.39. The molecule has 7 heteroatoms. The number of hydrogen-bond donors (Lipinski definition) is 0. The van der Waals surface area contributed by atoms with Crippen molar-refractivity contribution in [3.05, 3.63) is 28.4 Å². The Bertz CT molecular complexity index is 489. The highest BCUT2D eigenvalue weighted by Crippen LogP contribution is 2.23. The van der Waals surface area contributed by atoms with Gasteiger partial charge in [-0.2, -0.15) is 0 Å². The van der Waals surface area contributed by atoms with Gasteiger partial charge in [0.25, 0.3) is 5.69 Å². The standard InChI is InChI=1S/C13H17N3O4/c1-2-20-13(17)10-4-3-7-15(9-10)12-6-5-11(8-14-12)16(18)19/h5-6,8,10H,2-4,7,9H2,1H3/t10-/m0/s1. The molecular formula is C13H17N3O4. The van der Waals surface area contributed by atoms with Gasteiger partial charge in [-0.15, -0.1) is 0 Å². The fourth-order valence-corrected chi connectivity index (χ4v) is 2.31. The van der Waals surface area contributed by atoms with E-state index in [1.54, 1.807) is 13.0 Å². The number of esters is 1. The summed E-state index contributed by atoms with van der Waals surface area (Å²) < 4.78 is 5.04. The van der Waals surface area contributed by atoms with Crippen LogP contribution in [0.1, 0.15) is 19.8 Å². The van der Waals surface area contributed by atoms with Gasteiger partial charge in [0.1, 0.15) is 12.0 Å². The van der Waals surface area contributed by atoms with E-state index >= 15 is 0 Å². The van der Waals surface area contributed by atoms with E-state index in [1.807, 2.05) is 4.90 Å². The van der Waals surface area contributed by atoms with E-state index in [-0.39, 0.29) is 17.6 Å². The molecule has 1 saturated heterocycles. The molecule has 1 aromatic heterocycles. The van der Waals surface area contributed by atoms with E-state index in [0.29, 0.717) is 19.0 Å². The van der Waals surface area contributed by atoms with E-state index in [4.69, 9.17) is 4.74 Å². The first-order valence-corrected chi connectivity index (χ1v) is 6.64. The van der Waals surface area contributed by atoms with E-state index in [9.17, 15) is 14.9 Å². The highest BCUT2D eigenvalue weighted by molar-refractivity contribution is 5.73. The third-order valence-corrected chi connectivity index (χ3v) is 3.31. The second kappa shape index (κ2) is 6.31. The Balaban J connectivity index is 2.04. The Morgan fingerprint density at radius 3 is 3.00 bits per heavy atom. The molecule has 0 aromatic carbocycles. The number of anilines is 1. The normalized spacial score (nSPS) is 18.6. The molecule has 1 atom stereocenters. The molecule has 2 rings (SSSR count). The molecule has 0 radical (unpaired) electrons. The quantitative estimate of drug-likeness (QED) is 0.474. The summed E-state index contributed by atoms with van der Waals surface area (Å²) >= 11 is 0. The van der Waals surface area contributed by atoms with Crippen molar-refractivity contribution in [2.24, 2.45) is 5.92 Å². The van der Waals surface area contributed by atoms with Gasteiger partial charge >= 0.3 is 5.97 Å². The third kappa shape index (κ3) is 3.23. The van der Waals surface area contributed by atoms with Crippen LogP contribution in [-0.4, -0.2) is 35.6 Å². The number of carbonyl (C=O) groups is 1. The minimum atomic E-state index is -0.478. The van der Waals surface area contributed by atoms with Crippen LogP contribution >= 0.6 is 0 Å². The Kier molecular flexibility index (Phi) is 4.49. The van der Waals surface area contributed by atoms with Gasteiger partial charge in [0.2, 0.25) is 0 Å². The van der Waals surface area contributed by atoms with Gasteiger partial charge in [0, 0.05) is 19.2 Å². The molecule has 7 nitrogen and oxygen atoms in total. The number of pyridine rings is 1. The Morgan fingerprint density at radius 2 is 2.40 bits per heavy atom. The molecule has 1 fully saturated rings. The van der Waals surface area contributed by atoms with Crippen molar-refractivity contribution < 1.29 is 14.5 Å². The second-order valence-corrected chi connectivity index (χ2v) is 4.67. The zero-order chi connectivity index (χ0) is 14.5. The lowest BCUT2D eigenvalue weighted by atomic mass is 9.98. The van der Waals surface area contributed by atoms with Gasteiger partial charge < -0.3 is 9.64 Å². The molecule has 0 spiro atoms. The molecule has 0 aliphatic carbocycles. The van der Waals surface area contributed by atoms with Crippen LogP contribution in [0.2, 0.25) is 0 Å². The van der Waals surface area contributed by atoms with Crippen LogP contribution in [0.4, 0.5) is 11.5 Å². The molecule has 1 aromatic rings. The monoisotopic (exact) mass is 279 g/mol. The topological polar surface area (TPSA) is 85.6 Å². The summed E-state index contributed by atoms with van der Waals surface area (Å²) in [6, 6.07) is 3.04. The predicted molar refractivity (Wildman–Crippen MR) is 72.5 cm³/mol. The Labute approximate surface area is 116 Å². The maximum absolute atomic E-state index is 11.8.